The summed E-state index contributed by atoms with van der Waals surface area (Å²) in [5.41, 5.74) is 5.52. The van der Waals surface area contributed by atoms with E-state index >= 15 is 0 Å². The summed E-state index contributed by atoms with van der Waals surface area (Å²) in [4.78, 5) is 0. The molecule has 18 heavy (non-hydrogen) atoms. The number of para-hydroxylation sites is 1. The van der Waals surface area contributed by atoms with Crippen molar-refractivity contribution < 1.29 is 23.0 Å². The summed E-state index contributed by atoms with van der Waals surface area (Å²) in [6, 6.07) is 5.99. The largest absolute Gasteiger partial charge is 0.573 e. The molecule has 6 heteroatoms. The van der Waals surface area contributed by atoms with Crippen molar-refractivity contribution in [2.75, 3.05) is 13.2 Å². The van der Waals surface area contributed by atoms with Crippen LogP contribution in [-0.4, -0.2) is 24.6 Å². The Morgan fingerprint density at radius 3 is 2.56 bits per heavy atom. The first-order valence-electron chi connectivity index (χ1n) is 5.57. The first kappa shape index (κ1) is 13.2. The van der Waals surface area contributed by atoms with Gasteiger partial charge in [0.1, 0.15) is 5.75 Å². The molecule has 100 valence electrons. The third kappa shape index (κ3) is 2.44. The van der Waals surface area contributed by atoms with Crippen molar-refractivity contribution in [1.29, 1.82) is 0 Å². The Bertz CT molecular complexity index is 430. The van der Waals surface area contributed by atoms with Gasteiger partial charge >= 0.3 is 6.36 Å². The quantitative estimate of drug-likeness (QED) is 0.871. The van der Waals surface area contributed by atoms with Gasteiger partial charge in [-0.15, -0.1) is 13.2 Å². The van der Waals surface area contributed by atoms with Crippen molar-refractivity contribution in [3.8, 4) is 5.75 Å². The van der Waals surface area contributed by atoms with Crippen LogP contribution in [0.2, 0.25) is 0 Å². The van der Waals surface area contributed by atoms with Crippen molar-refractivity contribution in [1.82, 2.24) is 0 Å². The van der Waals surface area contributed by atoms with E-state index < -0.39 is 11.8 Å². The number of nitrogens with two attached hydrogens (primary N) is 1. The van der Waals surface area contributed by atoms with Crippen molar-refractivity contribution in [2.45, 2.75) is 18.7 Å². The van der Waals surface area contributed by atoms with E-state index in [1.807, 2.05) is 0 Å². The summed E-state index contributed by atoms with van der Waals surface area (Å²) in [5.74, 6) is -0.384. The standard InChI is InChI=1S/C12H14F3NO2/c13-12(14,15)18-10-4-2-1-3-8(10)9-5-11(9,6-16)7-17/h1-4,9,17H,5-7,16H2/t9-,11+/m0/s1. The number of ether oxygens (including phenoxy) is 1. The normalized spacial score (nSPS) is 27.1. The lowest BCUT2D eigenvalue weighted by Gasteiger charge is -2.16. The maximum absolute atomic E-state index is 12.3. The van der Waals surface area contributed by atoms with Crippen molar-refractivity contribution in [3.63, 3.8) is 0 Å². The fraction of sp³-hybridized carbons (Fsp3) is 0.500. The summed E-state index contributed by atoms with van der Waals surface area (Å²) < 4.78 is 40.8. The number of rotatable bonds is 4. The van der Waals surface area contributed by atoms with Gasteiger partial charge in [0.25, 0.3) is 0 Å². The molecule has 0 radical (unpaired) electrons. The van der Waals surface area contributed by atoms with E-state index in [-0.39, 0.29) is 24.8 Å². The van der Waals surface area contributed by atoms with Crippen LogP contribution in [-0.2, 0) is 0 Å². The van der Waals surface area contributed by atoms with E-state index in [0.717, 1.165) is 0 Å². The molecule has 3 N–H and O–H groups in total. The molecule has 0 bridgehead atoms. The molecule has 0 unspecified atom stereocenters. The second kappa shape index (κ2) is 4.44. The Morgan fingerprint density at radius 2 is 2.06 bits per heavy atom. The van der Waals surface area contributed by atoms with E-state index in [9.17, 15) is 18.3 Å². The Kier molecular flexibility index (Phi) is 3.25. The van der Waals surface area contributed by atoms with Crippen LogP contribution in [0.4, 0.5) is 13.2 Å². The van der Waals surface area contributed by atoms with E-state index in [1.165, 1.54) is 12.1 Å². The second-order valence-electron chi connectivity index (χ2n) is 4.57. The average Bonchev–Trinajstić information content (AvgIpc) is 3.03. The van der Waals surface area contributed by atoms with E-state index in [1.54, 1.807) is 12.1 Å². The second-order valence-corrected chi connectivity index (χ2v) is 4.57. The summed E-state index contributed by atoms with van der Waals surface area (Å²) in [5, 5.41) is 9.27. The van der Waals surface area contributed by atoms with Crippen molar-refractivity contribution >= 4 is 0 Å². The van der Waals surface area contributed by atoms with Gasteiger partial charge in [-0.2, -0.15) is 0 Å². The number of aliphatic hydroxyl groups excluding tert-OH is 1. The zero-order valence-corrected chi connectivity index (χ0v) is 9.57. The van der Waals surface area contributed by atoms with Gasteiger partial charge in [-0.1, -0.05) is 18.2 Å². The minimum absolute atomic E-state index is 0.130. The fourth-order valence-electron chi connectivity index (χ4n) is 2.24. The van der Waals surface area contributed by atoms with Crippen LogP contribution < -0.4 is 10.5 Å². The topological polar surface area (TPSA) is 55.5 Å². The van der Waals surface area contributed by atoms with E-state index in [2.05, 4.69) is 4.74 Å². The highest BCUT2D eigenvalue weighted by molar-refractivity contribution is 5.42. The van der Waals surface area contributed by atoms with Crippen LogP contribution in [0, 0.1) is 5.41 Å². The number of hydrogen-bond acceptors (Lipinski definition) is 3. The van der Waals surface area contributed by atoms with Crippen LogP contribution in [0.25, 0.3) is 0 Å². The molecule has 0 aliphatic heterocycles. The molecule has 1 aromatic carbocycles. The molecule has 0 amide bonds. The Balaban J connectivity index is 2.25. The molecule has 0 saturated heterocycles. The smallest absolute Gasteiger partial charge is 0.405 e. The Morgan fingerprint density at radius 1 is 1.39 bits per heavy atom. The van der Waals surface area contributed by atoms with Crippen LogP contribution in [0.3, 0.4) is 0 Å². The third-order valence-corrected chi connectivity index (χ3v) is 3.43. The van der Waals surface area contributed by atoms with Gasteiger partial charge in [0.05, 0.1) is 6.61 Å². The Labute approximate surface area is 102 Å². The molecular weight excluding hydrogens is 247 g/mol. The number of halogens is 3. The third-order valence-electron chi connectivity index (χ3n) is 3.43. The van der Waals surface area contributed by atoms with Gasteiger partial charge < -0.3 is 15.6 Å². The lowest BCUT2D eigenvalue weighted by molar-refractivity contribution is -0.274. The van der Waals surface area contributed by atoms with Gasteiger partial charge in [-0.3, -0.25) is 0 Å². The van der Waals surface area contributed by atoms with Crippen LogP contribution >= 0.6 is 0 Å². The van der Waals surface area contributed by atoms with Gasteiger partial charge in [0.15, 0.2) is 0 Å². The molecule has 2 atom stereocenters. The Hall–Kier alpha value is -1.27. The summed E-state index contributed by atoms with van der Waals surface area (Å²) in [6.45, 7) is 0.114. The first-order chi connectivity index (χ1) is 8.42. The van der Waals surface area contributed by atoms with Crippen molar-refractivity contribution in [2.24, 2.45) is 11.1 Å². The number of hydrogen-bond donors (Lipinski definition) is 2. The van der Waals surface area contributed by atoms with Crippen LogP contribution in [0.15, 0.2) is 24.3 Å². The molecular formula is C12H14F3NO2. The molecule has 1 aliphatic rings. The number of benzene rings is 1. The zero-order valence-electron chi connectivity index (χ0n) is 9.57. The predicted octanol–water partition coefficient (Wildman–Crippen LogP) is 2.01. The van der Waals surface area contributed by atoms with Gasteiger partial charge in [-0.05, 0) is 24.0 Å². The lowest BCUT2D eigenvalue weighted by Crippen LogP contribution is -2.22. The number of aliphatic hydroxyl groups is 1. The molecule has 1 aliphatic carbocycles. The van der Waals surface area contributed by atoms with Gasteiger partial charge in [-0.25, -0.2) is 0 Å². The molecule has 1 saturated carbocycles. The zero-order chi connectivity index (χ0) is 13.4. The van der Waals surface area contributed by atoms with E-state index in [4.69, 9.17) is 5.73 Å². The minimum Gasteiger partial charge on any atom is -0.405 e. The predicted molar refractivity (Wildman–Crippen MR) is 59.1 cm³/mol. The molecule has 2 rings (SSSR count). The van der Waals surface area contributed by atoms with Crippen molar-refractivity contribution in [3.05, 3.63) is 29.8 Å². The average molecular weight is 261 g/mol. The van der Waals surface area contributed by atoms with Crippen LogP contribution in [0.1, 0.15) is 17.9 Å². The fourth-order valence-corrected chi connectivity index (χ4v) is 2.24. The molecule has 0 spiro atoms. The lowest BCUT2D eigenvalue weighted by atomic mass is 9.99. The summed E-state index contributed by atoms with van der Waals surface area (Å²) >= 11 is 0. The summed E-state index contributed by atoms with van der Waals surface area (Å²) in [6.07, 6.45) is -4.13. The number of alkyl halides is 3. The molecule has 1 fully saturated rings. The molecule has 3 nitrogen and oxygen atoms in total. The van der Waals surface area contributed by atoms with E-state index in [0.29, 0.717) is 12.0 Å². The molecule has 0 aromatic heterocycles. The highest BCUT2D eigenvalue weighted by Crippen LogP contribution is 2.60. The summed E-state index contributed by atoms with van der Waals surface area (Å²) in [7, 11) is 0. The van der Waals surface area contributed by atoms with Gasteiger partial charge in [0.2, 0.25) is 0 Å². The van der Waals surface area contributed by atoms with Gasteiger partial charge in [0, 0.05) is 12.0 Å². The monoisotopic (exact) mass is 261 g/mol. The van der Waals surface area contributed by atoms with Crippen LogP contribution in [0.5, 0.6) is 5.75 Å². The molecule has 0 heterocycles. The maximum atomic E-state index is 12.3. The SMILES string of the molecule is NC[C@@]1(CO)C[C@H]1c1ccccc1OC(F)(F)F. The highest BCUT2D eigenvalue weighted by atomic mass is 19.4. The first-order valence-corrected chi connectivity index (χ1v) is 5.57. The molecule has 1 aromatic rings. The minimum atomic E-state index is -4.71. The maximum Gasteiger partial charge on any atom is 0.573 e. The highest BCUT2D eigenvalue weighted by Gasteiger charge is 2.54.